The van der Waals surface area contributed by atoms with Crippen molar-refractivity contribution in [1.29, 1.82) is 0 Å². The van der Waals surface area contributed by atoms with Crippen LogP contribution in [0.2, 0.25) is 0 Å². The van der Waals surface area contributed by atoms with Crippen molar-refractivity contribution in [3.63, 3.8) is 0 Å². The molecule has 0 saturated carbocycles. The lowest BCUT2D eigenvalue weighted by Gasteiger charge is -2.26. The van der Waals surface area contributed by atoms with Gasteiger partial charge in [-0.15, -0.1) is 0 Å². The van der Waals surface area contributed by atoms with Gasteiger partial charge in [-0.2, -0.15) is 0 Å². The number of hydrogen-bond donors (Lipinski definition) is 1. The van der Waals surface area contributed by atoms with E-state index in [0.717, 1.165) is 42.0 Å². The maximum Gasteiger partial charge on any atom is 0.224 e. The summed E-state index contributed by atoms with van der Waals surface area (Å²) in [6.07, 6.45) is 1.56. The van der Waals surface area contributed by atoms with Gasteiger partial charge in [0.05, 0.1) is 18.0 Å². The molecule has 5 nitrogen and oxygen atoms in total. The zero-order valence-corrected chi connectivity index (χ0v) is 11.6. The number of para-hydroxylation sites is 1. The average Bonchev–Trinajstić information content (AvgIpc) is 2.48. The van der Waals surface area contributed by atoms with Crippen molar-refractivity contribution in [2.24, 2.45) is 0 Å². The Morgan fingerprint density at radius 1 is 1.26 bits per heavy atom. The van der Waals surface area contributed by atoms with Crippen LogP contribution in [-0.2, 0) is 0 Å². The van der Waals surface area contributed by atoms with Gasteiger partial charge in [0.1, 0.15) is 6.33 Å². The van der Waals surface area contributed by atoms with Crippen LogP contribution in [0.25, 0.3) is 10.9 Å². The predicted octanol–water partition coefficient (Wildman–Crippen LogP) is 1.55. The van der Waals surface area contributed by atoms with Gasteiger partial charge in [-0.3, -0.25) is 0 Å². The second-order valence-electron chi connectivity index (χ2n) is 4.31. The maximum absolute atomic E-state index is 5.29. The highest BCUT2D eigenvalue weighted by Gasteiger charge is 2.14. The second-order valence-corrected chi connectivity index (χ2v) is 5.44. The second kappa shape index (κ2) is 5.73. The number of nitrogens with one attached hydrogen (secondary N) is 1. The Hall–Kier alpha value is -1.37. The average molecular weight is 276 g/mol. The van der Waals surface area contributed by atoms with Crippen LogP contribution in [0.5, 0.6) is 5.88 Å². The Morgan fingerprint density at radius 3 is 2.89 bits per heavy atom. The predicted molar refractivity (Wildman–Crippen MR) is 76.4 cm³/mol. The maximum atomic E-state index is 5.29. The van der Waals surface area contributed by atoms with Gasteiger partial charge in [0.15, 0.2) is 0 Å². The number of piperazine rings is 1. The largest absolute Gasteiger partial charge is 0.480 e. The zero-order chi connectivity index (χ0) is 13.1. The number of ether oxygens (including phenoxy) is 1. The highest BCUT2D eigenvalue weighted by atomic mass is 32.2. The molecule has 0 amide bonds. The van der Waals surface area contributed by atoms with Crippen molar-refractivity contribution >= 4 is 22.9 Å². The number of benzene rings is 1. The van der Waals surface area contributed by atoms with Crippen LogP contribution in [0.4, 0.5) is 0 Å². The molecule has 1 saturated heterocycles. The first kappa shape index (κ1) is 12.7. The minimum absolute atomic E-state index is 0.632. The van der Waals surface area contributed by atoms with E-state index < -0.39 is 0 Å². The van der Waals surface area contributed by atoms with Crippen molar-refractivity contribution in [3.05, 3.63) is 24.5 Å². The lowest BCUT2D eigenvalue weighted by Crippen LogP contribution is -2.39. The van der Waals surface area contributed by atoms with E-state index in [4.69, 9.17) is 4.74 Å². The molecule has 2 aromatic rings. The summed E-state index contributed by atoms with van der Waals surface area (Å²) in [6, 6.07) is 6.12. The third-order valence-corrected chi connectivity index (χ3v) is 4.24. The first-order chi connectivity index (χ1) is 9.38. The van der Waals surface area contributed by atoms with Gasteiger partial charge in [-0.05, 0) is 24.1 Å². The smallest absolute Gasteiger partial charge is 0.224 e. The van der Waals surface area contributed by atoms with E-state index in [1.165, 1.54) is 0 Å². The Balaban J connectivity index is 1.94. The molecule has 100 valence electrons. The molecule has 2 heterocycles. The van der Waals surface area contributed by atoms with Crippen molar-refractivity contribution in [2.45, 2.75) is 4.90 Å². The standard InChI is InChI=1S/C13H16N4OS/c1-18-13-10-3-2-4-11(12(10)15-9-16-13)19-17-7-5-14-6-8-17/h2-4,9,14H,5-8H2,1H3. The van der Waals surface area contributed by atoms with E-state index in [0.29, 0.717) is 5.88 Å². The van der Waals surface area contributed by atoms with E-state index in [9.17, 15) is 0 Å². The highest BCUT2D eigenvalue weighted by Crippen LogP contribution is 2.31. The molecule has 1 N–H and O–H groups in total. The molecule has 0 radical (unpaired) electrons. The molecule has 1 aromatic carbocycles. The molecule has 0 spiro atoms. The summed E-state index contributed by atoms with van der Waals surface area (Å²) in [5, 5.41) is 4.32. The SMILES string of the molecule is COc1ncnc2c(SN3CCNCC3)cccc12. The van der Waals surface area contributed by atoms with Crippen LogP contribution in [0.1, 0.15) is 0 Å². The summed E-state index contributed by atoms with van der Waals surface area (Å²) in [4.78, 5) is 9.70. The third kappa shape index (κ3) is 2.65. The Labute approximate surface area is 116 Å². The molecular weight excluding hydrogens is 260 g/mol. The fourth-order valence-corrected chi connectivity index (χ4v) is 3.18. The van der Waals surface area contributed by atoms with Crippen LogP contribution in [0.3, 0.4) is 0 Å². The molecule has 6 heteroatoms. The van der Waals surface area contributed by atoms with E-state index in [1.807, 2.05) is 12.1 Å². The molecule has 1 aromatic heterocycles. The summed E-state index contributed by atoms with van der Waals surface area (Å²) in [5.41, 5.74) is 0.956. The number of nitrogens with zero attached hydrogens (tertiary/aromatic N) is 3. The highest BCUT2D eigenvalue weighted by molar-refractivity contribution is 7.97. The fraction of sp³-hybridized carbons (Fsp3) is 0.385. The van der Waals surface area contributed by atoms with Gasteiger partial charge in [0.2, 0.25) is 5.88 Å². The van der Waals surface area contributed by atoms with Crippen LogP contribution >= 0.6 is 11.9 Å². The monoisotopic (exact) mass is 276 g/mol. The number of rotatable bonds is 3. The number of aromatic nitrogens is 2. The molecule has 1 fully saturated rings. The van der Waals surface area contributed by atoms with E-state index in [-0.39, 0.29) is 0 Å². The van der Waals surface area contributed by atoms with Gasteiger partial charge in [0, 0.05) is 31.1 Å². The van der Waals surface area contributed by atoms with Crippen LogP contribution < -0.4 is 10.1 Å². The summed E-state index contributed by atoms with van der Waals surface area (Å²) in [7, 11) is 1.64. The molecule has 0 atom stereocenters. The van der Waals surface area contributed by atoms with Gasteiger partial charge < -0.3 is 10.1 Å². The lowest BCUT2D eigenvalue weighted by atomic mass is 10.2. The van der Waals surface area contributed by atoms with Crippen LogP contribution in [0, 0.1) is 0 Å². The first-order valence-electron chi connectivity index (χ1n) is 6.30. The van der Waals surface area contributed by atoms with Gasteiger partial charge in [0.25, 0.3) is 0 Å². The fourth-order valence-electron chi connectivity index (χ4n) is 2.15. The Bertz CT molecular complexity index is 572. The number of fused-ring (bicyclic) bond motifs is 1. The minimum atomic E-state index is 0.632. The summed E-state index contributed by atoms with van der Waals surface area (Å²) < 4.78 is 7.65. The lowest BCUT2D eigenvalue weighted by molar-refractivity contribution is 0.396. The van der Waals surface area contributed by atoms with Crippen molar-refractivity contribution in [2.75, 3.05) is 33.3 Å². The first-order valence-corrected chi connectivity index (χ1v) is 7.07. The van der Waals surface area contributed by atoms with Crippen LogP contribution in [0.15, 0.2) is 29.4 Å². The van der Waals surface area contributed by atoms with Gasteiger partial charge >= 0.3 is 0 Å². The van der Waals surface area contributed by atoms with Crippen molar-refractivity contribution in [3.8, 4) is 5.88 Å². The summed E-state index contributed by atoms with van der Waals surface area (Å²) in [5.74, 6) is 0.632. The van der Waals surface area contributed by atoms with Crippen LogP contribution in [-0.4, -0.2) is 47.6 Å². The van der Waals surface area contributed by atoms with Crippen molar-refractivity contribution < 1.29 is 4.74 Å². The molecule has 3 rings (SSSR count). The molecule has 19 heavy (non-hydrogen) atoms. The van der Waals surface area contributed by atoms with E-state index >= 15 is 0 Å². The normalized spacial score (nSPS) is 16.7. The number of hydrogen-bond acceptors (Lipinski definition) is 6. The number of methoxy groups -OCH3 is 1. The Morgan fingerprint density at radius 2 is 2.11 bits per heavy atom. The quantitative estimate of drug-likeness (QED) is 0.858. The molecular formula is C13H16N4OS. The third-order valence-electron chi connectivity index (χ3n) is 3.09. The molecule has 0 aliphatic carbocycles. The molecule has 0 unspecified atom stereocenters. The molecule has 0 bridgehead atoms. The Kier molecular flexibility index (Phi) is 3.82. The van der Waals surface area contributed by atoms with Gasteiger partial charge in [-0.25, -0.2) is 14.3 Å². The zero-order valence-electron chi connectivity index (χ0n) is 10.8. The van der Waals surface area contributed by atoms with E-state index in [2.05, 4.69) is 25.7 Å². The minimum Gasteiger partial charge on any atom is -0.480 e. The molecule has 1 aliphatic rings. The topological polar surface area (TPSA) is 50.3 Å². The van der Waals surface area contributed by atoms with Gasteiger partial charge in [-0.1, -0.05) is 6.07 Å². The summed E-state index contributed by atoms with van der Waals surface area (Å²) >= 11 is 1.76. The van der Waals surface area contributed by atoms with Crippen molar-refractivity contribution in [1.82, 2.24) is 19.6 Å². The van der Waals surface area contributed by atoms with E-state index in [1.54, 1.807) is 25.4 Å². The molecule has 1 aliphatic heterocycles. The summed E-state index contributed by atoms with van der Waals surface area (Å²) in [6.45, 7) is 4.17.